The van der Waals surface area contributed by atoms with Gasteiger partial charge in [0.05, 0.1) is 11.1 Å². The lowest BCUT2D eigenvalue weighted by molar-refractivity contribution is 0.670. The third kappa shape index (κ3) is 5.82. The predicted octanol–water partition coefficient (Wildman–Crippen LogP) is 16.0. The van der Waals surface area contributed by atoms with Gasteiger partial charge in [0.1, 0.15) is 11.2 Å². The zero-order valence-electron chi connectivity index (χ0n) is 31.7. The first-order valence-electron chi connectivity index (χ1n) is 19.8. The van der Waals surface area contributed by atoms with Crippen LogP contribution in [0.1, 0.15) is 0 Å². The smallest absolute Gasteiger partial charge is 0.145 e. The summed E-state index contributed by atoms with van der Waals surface area (Å²) >= 11 is 0. The summed E-state index contributed by atoms with van der Waals surface area (Å²) in [5.74, 6) is 0. The van der Waals surface area contributed by atoms with Gasteiger partial charge in [-0.2, -0.15) is 0 Å². The Bertz CT molecular complexity index is 3260. The molecule has 2 heteroatoms. The average Bonchev–Trinajstić information content (AvgIpc) is 3.70. The molecule has 272 valence electrons. The Labute approximate surface area is 337 Å². The first-order chi connectivity index (χ1) is 28.8. The molecule has 0 aliphatic rings. The van der Waals surface area contributed by atoms with E-state index in [2.05, 4.69) is 229 Å². The van der Waals surface area contributed by atoms with Crippen LogP contribution in [0.4, 0.5) is 17.1 Å². The number of hydrogen-bond acceptors (Lipinski definition) is 2. The topological polar surface area (TPSA) is 16.4 Å². The quantitative estimate of drug-likeness (QED) is 0.162. The van der Waals surface area contributed by atoms with Crippen LogP contribution in [-0.2, 0) is 0 Å². The third-order valence-corrected chi connectivity index (χ3v) is 11.5. The van der Waals surface area contributed by atoms with E-state index in [1.54, 1.807) is 0 Å². The monoisotopic (exact) mass is 739 g/mol. The normalized spacial score (nSPS) is 11.4. The van der Waals surface area contributed by atoms with Gasteiger partial charge >= 0.3 is 0 Å². The minimum absolute atomic E-state index is 0.866. The molecule has 0 bridgehead atoms. The van der Waals surface area contributed by atoms with Crippen LogP contribution in [0.15, 0.2) is 229 Å². The molecule has 0 aliphatic carbocycles. The van der Waals surface area contributed by atoms with Crippen molar-refractivity contribution in [1.82, 2.24) is 0 Å². The zero-order chi connectivity index (χ0) is 38.4. The third-order valence-electron chi connectivity index (χ3n) is 11.5. The molecule has 0 radical (unpaired) electrons. The fourth-order valence-electron chi connectivity index (χ4n) is 8.67. The molecule has 10 aromatic carbocycles. The standard InChI is InChI=1S/C56H37NO/c1-2-13-38(14-3-1)39-27-29-40(30-28-39)44-19-10-20-46(37-44)57(45-33-31-43(32-34-45)48-24-11-17-41-15-4-6-21-47(41)48)53-36-35-51(50-25-12-18-42-16-5-7-22-49(42)50)56-55(53)52-23-8-9-26-54(52)58-56/h1-37H. The summed E-state index contributed by atoms with van der Waals surface area (Å²) in [5.41, 5.74) is 14.3. The minimum Gasteiger partial charge on any atom is -0.455 e. The zero-order valence-corrected chi connectivity index (χ0v) is 31.7. The molecule has 2 nitrogen and oxygen atoms in total. The van der Waals surface area contributed by atoms with E-state index >= 15 is 0 Å². The number of benzene rings is 10. The van der Waals surface area contributed by atoms with Gasteiger partial charge in [0.2, 0.25) is 0 Å². The number of para-hydroxylation sites is 1. The highest BCUT2D eigenvalue weighted by Gasteiger charge is 2.23. The Balaban J connectivity index is 1.11. The summed E-state index contributed by atoms with van der Waals surface area (Å²) in [6.07, 6.45) is 0. The summed E-state index contributed by atoms with van der Waals surface area (Å²) in [6, 6.07) is 80.6. The predicted molar refractivity (Wildman–Crippen MR) is 245 cm³/mol. The lowest BCUT2D eigenvalue weighted by Crippen LogP contribution is -2.10. The van der Waals surface area contributed by atoms with Gasteiger partial charge in [0, 0.05) is 22.3 Å². The van der Waals surface area contributed by atoms with Gasteiger partial charge in [-0.3, -0.25) is 0 Å². The molecule has 0 spiro atoms. The first-order valence-corrected chi connectivity index (χ1v) is 19.8. The molecular formula is C56H37NO. The van der Waals surface area contributed by atoms with Gasteiger partial charge in [-0.15, -0.1) is 0 Å². The number of rotatable bonds is 7. The van der Waals surface area contributed by atoms with Crippen molar-refractivity contribution in [3.8, 4) is 44.5 Å². The molecule has 0 fully saturated rings. The van der Waals surface area contributed by atoms with Gasteiger partial charge < -0.3 is 9.32 Å². The number of nitrogens with zero attached hydrogens (tertiary/aromatic N) is 1. The van der Waals surface area contributed by atoms with E-state index in [-0.39, 0.29) is 0 Å². The van der Waals surface area contributed by atoms with Crippen LogP contribution in [0, 0.1) is 0 Å². The fraction of sp³-hybridized carbons (Fsp3) is 0. The van der Waals surface area contributed by atoms with Crippen molar-refractivity contribution < 1.29 is 4.42 Å². The maximum Gasteiger partial charge on any atom is 0.145 e. The van der Waals surface area contributed by atoms with Crippen LogP contribution in [0.2, 0.25) is 0 Å². The Morgan fingerprint density at radius 1 is 0.310 bits per heavy atom. The van der Waals surface area contributed by atoms with Gasteiger partial charge in [-0.25, -0.2) is 0 Å². The number of furan rings is 1. The van der Waals surface area contributed by atoms with E-state index in [1.165, 1.54) is 43.8 Å². The fourth-order valence-corrected chi connectivity index (χ4v) is 8.67. The Hall–Kier alpha value is -7.68. The highest BCUT2D eigenvalue weighted by atomic mass is 16.3. The maximum atomic E-state index is 6.88. The first kappa shape index (κ1) is 33.6. The van der Waals surface area contributed by atoms with Gasteiger partial charge in [0.15, 0.2) is 0 Å². The summed E-state index contributed by atoms with van der Waals surface area (Å²) in [7, 11) is 0. The van der Waals surface area contributed by atoms with Crippen molar-refractivity contribution in [3.05, 3.63) is 224 Å². The molecule has 58 heavy (non-hydrogen) atoms. The van der Waals surface area contributed by atoms with Gasteiger partial charge in [-0.05, 0) is 103 Å². The van der Waals surface area contributed by atoms with E-state index in [1.807, 2.05) is 0 Å². The Morgan fingerprint density at radius 3 is 1.59 bits per heavy atom. The molecule has 11 aromatic rings. The largest absolute Gasteiger partial charge is 0.455 e. The van der Waals surface area contributed by atoms with Crippen LogP contribution < -0.4 is 4.90 Å². The Morgan fingerprint density at radius 2 is 0.845 bits per heavy atom. The Kier molecular flexibility index (Phi) is 8.19. The summed E-state index contributed by atoms with van der Waals surface area (Å²) < 4.78 is 6.88. The molecule has 0 amide bonds. The van der Waals surface area contributed by atoms with Crippen molar-refractivity contribution in [1.29, 1.82) is 0 Å². The molecule has 0 saturated heterocycles. The second kappa shape index (κ2) is 14.1. The van der Waals surface area contributed by atoms with Crippen LogP contribution in [-0.4, -0.2) is 0 Å². The van der Waals surface area contributed by atoms with Gasteiger partial charge in [0.25, 0.3) is 0 Å². The number of anilines is 3. The van der Waals surface area contributed by atoms with E-state index in [9.17, 15) is 0 Å². The molecule has 1 heterocycles. The highest BCUT2D eigenvalue weighted by Crippen LogP contribution is 2.47. The van der Waals surface area contributed by atoms with E-state index in [0.717, 1.165) is 61.3 Å². The van der Waals surface area contributed by atoms with Crippen molar-refractivity contribution in [3.63, 3.8) is 0 Å². The van der Waals surface area contributed by atoms with E-state index < -0.39 is 0 Å². The lowest BCUT2D eigenvalue weighted by atomic mass is 9.95. The van der Waals surface area contributed by atoms with Crippen molar-refractivity contribution >= 4 is 60.5 Å². The minimum atomic E-state index is 0.866. The molecule has 11 rings (SSSR count). The molecule has 0 aliphatic heterocycles. The summed E-state index contributed by atoms with van der Waals surface area (Å²) in [5, 5.41) is 7.05. The molecule has 0 saturated carbocycles. The number of fused-ring (bicyclic) bond motifs is 5. The van der Waals surface area contributed by atoms with Crippen molar-refractivity contribution in [2.45, 2.75) is 0 Å². The van der Waals surface area contributed by atoms with Crippen LogP contribution in [0.25, 0.3) is 88.0 Å². The molecule has 0 N–H and O–H groups in total. The molecule has 0 unspecified atom stereocenters. The van der Waals surface area contributed by atoms with Crippen LogP contribution in [0.3, 0.4) is 0 Å². The molecule has 1 aromatic heterocycles. The lowest BCUT2D eigenvalue weighted by Gasteiger charge is -2.27. The summed E-state index contributed by atoms with van der Waals surface area (Å²) in [4.78, 5) is 2.39. The van der Waals surface area contributed by atoms with E-state index in [0.29, 0.717) is 0 Å². The molecule has 0 atom stereocenters. The maximum absolute atomic E-state index is 6.88. The van der Waals surface area contributed by atoms with Crippen LogP contribution >= 0.6 is 0 Å². The van der Waals surface area contributed by atoms with E-state index in [4.69, 9.17) is 4.42 Å². The van der Waals surface area contributed by atoms with Crippen LogP contribution in [0.5, 0.6) is 0 Å². The summed E-state index contributed by atoms with van der Waals surface area (Å²) in [6.45, 7) is 0. The average molecular weight is 740 g/mol. The second-order valence-corrected chi connectivity index (χ2v) is 14.9. The van der Waals surface area contributed by atoms with Gasteiger partial charge in [-0.1, -0.05) is 182 Å². The highest BCUT2D eigenvalue weighted by molar-refractivity contribution is 6.18. The second-order valence-electron chi connectivity index (χ2n) is 14.9. The van der Waals surface area contributed by atoms with Crippen molar-refractivity contribution in [2.75, 3.05) is 4.90 Å². The number of hydrogen-bond donors (Lipinski definition) is 0. The molecular weight excluding hydrogens is 703 g/mol. The van der Waals surface area contributed by atoms with Crippen molar-refractivity contribution in [2.24, 2.45) is 0 Å². The SMILES string of the molecule is c1ccc(-c2ccc(-c3cccc(N(c4ccc(-c5cccc6ccccc56)cc4)c4ccc(-c5cccc6ccccc56)c5oc6ccccc6c45)c3)cc2)cc1.